The maximum atomic E-state index is 12.4. The average molecular weight is 260 g/mol. The van der Waals surface area contributed by atoms with E-state index < -0.39 is 0 Å². The van der Waals surface area contributed by atoms with E-state index >= 15 is 0 Å². The molecule has 0 N–H and O–H groups in total. The van der Waals surface area contributed by atoms with Crippen LogP contribution in [0, 0.1) is 5.92 Å². The lowest BCUT2D eigenvalue weighted by Crippen LogP contribution is -2.43. The Kier molecular flexibility index (Phi) is 4.69. The Labute approximate surface area is 108 Å². The van der Waals surface area contributed by atoms with Crippen molar-refractivity contribution in [2.24, 2.45) is 5.92 Å². The number of ether oxygens (including phenoxy) is 1. The smallest absolute Gasteiger partial charge is 0.252 e. The summed E-state index contributed by atoms with van der Waals surface area (Å²) in [6, 6.07) is 0.401. The second-order valence-electron chi connectivity index (χ2n) is 5.22. The molecule has 0 aromatic rings. The third kappa shape index (κ3) is 2.94. The summed E-state index contributed by atoms with van der Waals surface area (Å²) in [5, 5.41) is 0. The van der Waals surface area contributed by atoms with Gasteiger partial charge in [0.1, 0.15) is 6.10 Å². The molecule has 2 heterocycles. The number of hydrogen-bond acceptors (Lipinski definition) is 2. The molecule has 0 radical (unpaired) electrons. The fraction of sp³-hybridized carbons (Fsp3) is 0.923. The Balaban J connectivity index is 1.93. The molecule has 0 aromatic carbocycles. The van der Waals surface area contributed by atoms with Gasteiger partial charge in [0.25, 0.3) is 5.91 Å². The Morgan fingerprint density at radius 2 is 2.29 bits per heavy atom. The topological polar surface area (TPSA) is 29.5 Å². The fourth-order valence-electron chi connectivity index (χ4n) is 2.91. The van der Waals surface area contributed by atoms with Crippen molar-refractivity contribution in [1.29, 1.82) is 0 Å². The molecule has 3 unspecified atom stereocenters. The van der Waals surface area contributed by atoms with E-state index in [9.17, 15) is 4.79 Å². The summed E-state index contributed by atoms with van der Waals surface area (Å²) in [7, 11) is 0. The largest absolute Gasteiger partial charge is 0.368 e. The first-order valence-electron chi connectivity index (χ1n) is 6.72. The summed E-state index contributed by atoms with van der Waals surface area (Å²) in [5.41, 5.74) is 0. The summed E-state index contributed by atoms with van der Waals surface area (Å²) in [6.45, 7) is 3.75. The summed E-state index contributed by atoms with van der Waals surface area (Å²) < 4.78 is 5.57. The van der Waals surface area contributed by atoms with Crippen molar-refractivity contribution in [2.45, 2.75) is 51.2 Å². The van der Waals surface area contributed by atoms with Gasteiger partial charge < -0.3 is 9.64 Å². The molecular formula is C13H22ClNO2. The molecule has 3 nitrogen and oxygen atoms in total. The van der Waals surface area contributed by atoms with E-state index in [0.717, 1.165) is 45.3 Å². The number of halogens is 1. The molecule has 0 aliphatic carbocycles. The van der Waals surface area contributed by atoms with Gasteiger partial charge in [0.2, 0.25) is 0 Å². The van der Waals surface area contributed by atoms with Gasteiger partial charge in [0.05, 0.1) is 0 Å². The minimum Gasteiger partial charge on any atom is -0.368 e. The van der Waals surface area contributed by atoms with Gasteiger partial charge in [-0.1, -0.05) is 6.92 Å². The van der Waals surface area contributed by atoms with Gasteiger partial charge in [-0.2, -0.15) is 0 Å². The van der Waals surface area contributed by atoms with E-state index in [2.05, 4.69) is 6.92 Å². The Bertz CT molecular complexity index is 272. The van der Waals surface area contributed by atoms with Crippen LogP contribution in [0.5, 0.6) is 0 Å². The Morgan fingerprint density at radius 1 is 1.47 bits per heavy atom. The van der Waals surface area contributed by atoms with E-state index in [1.165, 1.54) is 0 Å². The van der Waals surface area contributed by atoms with Crippen molar-refractivity contribution < 1.29 is 9.53 Å². The quantitative estimate of drug-likeness (QED) is 0.726. The van der Waals surface area contributed by atoms with E-state index in [0.29, 0.717) is 17.8 Å². The number of likely N-dealkylation sites (tertiary alicyclic amines) is 1. The first-order chi connectivity index (χ1) is 8.24. The Morgan fingerprint density at radius 3 is 2.94 bits per heavy atom. The number of alkyl halides is 1. The molecule has 2 fully saturated rings. The van der Waals surface area contributed by atoms with Gasteiger partial charge in [0.15, 0.2) is 0 Å². The van der Waals surface area contributed by atoms with Crippen molar-refractivity contribution in [1.82, 2.24) is 4.90 Å². The van der Waals surface area contributed by atoms with Gasteiger partial charge in [-0.25, -0.2) is 0 Å². The third-order valence-electron chi connectivity index (χ3n) is 3.96. The lowest BCUT2D eigenvalue weighted by atomic mass is 10.0. The Hall–Kier alpha value is -0.280. The SMILES string of the molecule is CC1CCOC1C(=O)N1CCCC1CCCCl. The minimum absolute atomic E-state index is 0.188. The second-order valence-corrected chi connectivity index (χ2v) is 5.59. The number of rotatable bonds is 4. The lowest BCUT2D eigenvalue weighted by molar-refractivity contribution is -0.143. The maximum absolute atomic E-state index is 12.4. The predicted octanol–water partition coefficient (Wildman–Crippen LogP) is 2.42. The number of carbonyl (C=O) groups excluding carboxylic acids is 1. The van der Waals surface area contributed by atoms with Crippen LogP contribution >= 0.6 is 11.6 Å². The average Bonchev–Trinajstić information content (AvgIpc) is 2.94. The number of carbonyl (C=O) groups is 1. The molecule has 2 saturated heterocycles. The van der Waals surface area contributed by atoms with Crippen LogP contribution in [0.3, 0.4) is 0 Å². The van der Waals surface area contributed by atoms with Crippen LogP contribution in [0.4, 0.5) is 0 Å². The van der Waals surface area contributed by atoms with E-state index in [1.54, 1.807) is 0 Å². The van der Waals surface area contributed by atoms with Crippen LogP contribution < -0.4 is 0 Å². The molecule has 0 bridgehead atoms. The first kappa shape index (κ1) is 13.2. The van der Waals surface area contributed by atoms with Gasteiger partial charge >= 0.3 is 0 Å². The molecule has 1 amide bonds. The highest BCUT2D eigenvalue weighted by Crippen LogP contribution is 2.27. The highest BCUT2D eigenvalue weighted by molar-refractivity contribution is 6.17. The third-order valence-corrected chi connectivity index (χ3v) is 4.23. The van der Waals surface area contributed by atoms with Crippen LogP contribution in [0.25, 0.3) is 0 Å². The van der Waals surface area contributed by atoms with Gasteiger partial charge in [-0.3, -0.25) is 4.79 Å². The summed E-state index contributed by atoms with van der Waals surface area (Å²) in [5.74, 6) is 1.28. The van der Waals surface area contributed by atoms with Gasteiger partial charge in [-0.05, 0) is 38.0 Å². The highest BCUT2D eigenvalue weighted by atomic mass is 35.5. The van der Waals surface area contributed by atoms with Crippen LogP contribution in [0.15, 0.2) is 0 Å². The zero-order valence-corrected chi connectivity index (χ0v) is 11.3. The normalized spacial score (nSPS) is 33.3. The molecule has 0 spiro atoms. The van der Waals surface area contributed by atoms with Crippen molar-refractivity contribution >= 4 is 17.5 Å². The first-order valence-corrected chi connectivity index (χ1v) is 7.25. The van der Waals surface area contributed by atoms with Crippen molar-refractivity contribution in [3.05, 3.63) is 0 Å². The standard InChI is InChI=1S/C13H22ClNO2/c1-10-6-9-17-12(10)13(16)15-8-3-5-11(15)4-2-7-14/h10-12H,2-9H2,1H3. The molecule has 2 rings (SSSR count). The van der Waals surface area contributed by atoms with E-state index in [-0.39, 0.29) is 12.0 Å². The van der Waals surface area contributed by atoms with Crippen molar-refractivity contribution in [3.63, 3.8) is 0 Å². The molecule has 0 aromatic heterocycles. The van der Waals surface area contributed by atoms with Crippen LogP contribution in [0.1, 0.15) is 39.0 Å². The molecule has 17 heavy (non-hydrogen) atoms. The number of nitrogens with zero attached hydrogens (tertiary/aromatic N) is 1. The van der Waals surface area contributed by atoms with E-state index in [4.69, 9.17) is 16.3 Å². The van der Waals surface area contributed by atoms with Crippen molar-refractivity contribution in [2.75, 3.05) is 19.0 Å². The molecule has 2 aliphatic heterocycles. The van der Waals surface area contributed by atoms with Gasteiger partial charge in [0, 0.05) is 25.1 Å². The molecular weight excluding hydrogens is 238 g/mol. The van der Waals surface area contributed by atoms with Gasteiger partial charge in [-0.15, -0.1) is 11.6 Å². The van der Waals surface area contributed by atoms with Crippen molar-refractivity contribution in [3.8, 4) is 0 Å². The zero-order valence-electron chi connectivity index (χ0n) is 10.5. The van der Waals surface area contributed by atoms with E-state index in [1.807, 2.05) is 4.90 Å². The molecule has 4 heteroatoms. The number of hydrogen-bond donors (Lipinski definition) is 0. The summed E-state index contributed by atoms with van der Waals surface area (Å²) >= 11 is 5.73. The molecule has 0 saturated carbocycles. The monoisotopic (exact) mass is 259 g/mol. The van der Waals surface area contributed by atoms with Crippen LogP contribution in [0.2, 0.25) is 0 Å². The fourth-order valence-corrected chi connectivity index (χ4v) is 3.07. The highest BCUT2D eigenvalue weighted by Gasteiger charge is 2.38. The van der Waals surface area contributed by atoms with Crippen LogP contribution in [-0.2, 0) is 9.53 Å². The van der Waals surface area contributed by atoms with Crippen LogP contribution in [-0.4, -0.2) is 42.0 Å². The maximum Gasteiger partial charge on any atom is 0.252 e. The second kappa shape index (κ2) is 6.05. The molecule has 98 valence electrons. The summed E-state index contributed by atoms with van der Waals surface area (Å²) in [4.78, 5) is 14.4. The predicted molar refractivity (Wildman–Crippen MR) is 68.2 cm³/mol. The molecule has 3 atom stereocenters. The summed E-state index contributed by atoms with van der Waals surface area (Å²) in [6.07, 6.45) is 5.11. The zero-order chi connectivity index (χ0) is 12.3. The molecule has 2 aliphatic rings. The lowest BCUT2D eigenvalue weighted by Gasteiger charge is -2.28. The number of amides is 1. The minimum atomic E-state index is -0.188.